The molecule has 3 N–H and O–H groups in total. The third-order valence-electron chi connectivity index (χ3n) is 3.40. The maximum atomic E-state index is 12.2. The quantitative estimate of drug-likeness (QED) is 0.763. The van der Waals surface area contributed by atoms with Gasteiger partial charge >= 0.3 is 0 Å². The van der Waals surface area contributed by atoms with Gasteiger partial charge in [0.25, 0.3) is 5.91 Å². The van der Waals surface area contributed by atoms with E-state index in [2.05, 4.69) is 10.3 Å². The Labute approximate surface area is 140 Å². The summed E-state index contributed by atoms with van der Waals surface area (Å²) in [6.45, 7) is 0. The molecule has 0 spiro atoms. The van der Waals surface area contributed by atoms with E-state index in [0.717, 1.165) is 11.5 Å². The predicted molar refractivity (Wildman–Crippen MR) is 91.7 cm³/mol. The van der Waals surface area contributed by atoms with Gasteiger partial charge < -0.3 is 16.0 Å². The molecule has 9 heteroatoms. The summed E-state index contributed by atoms with van der Waals surface area (Å²) in [4.78, 5) is 30.0. The number of nitrogens with one attached hydrogen (secondary N) is 1. The van der Waals surface area contributed by atoms with Crippen molar-refractivity contribution in [2.24, 2.45) is 0 Å². The van der Waals surface area contributed by atoms with Gasteiger partial charge in [-0.15, -0.1) is 23.1 Å². The number of nitrogens with zero attached hydrogens (tertiary/aromatic N) is 2. The van der Waals surface area contributed by atoms with E-state index in [1.165, 1.54) is 16.9 Å². The van der Waals surface area contributed by atoms with Crippen LogP contribution in [-0.4, -0.2) is 50.9 Å². The second-order valence-corrected chi connectivity index (χ2v) is 7.93. The van der Waals surface area contributed by atoms with E-state index in [0.29, 0.717) is 10.8 Å². The highest BCUT2D eigenvalue weighted by molar-refractivity contribution is 8.00. The number of carbonyl (C=O) groups is 2. The minimum absolute atomic E-state index is 0.0163. The molecule has 2 atom stereocenters. The minimum Gasteiger partial charge on any atom is -0.375 e. The largest absolute Gasteiger partial charge is 0.375 e. The summed E-state index contributed by atoms with van der Waals surface area (Å²) in [6, 6.07) is -0.430. The molecule has 3 rings (SSSR count). The molecule has 0 aliphatic carbocycles. The van der Waals surface area contributed by atoms with E-state index in [4.69, 9.17) is 5.73 Å². The summed E-state index contributed by atoms with van der Waals surface area (Å²) in [5.41, 5.74) is 7.44. The molecule has 2 amide bonds. The van der Waals surface area contributed by atoms with Gasteiger partial charge in [0.2, 0.25) is 5.91 Å². The van der Waals surface area contributed by atoms with Crippen molar-refractivity contribution in [2.45, 2.75) is 17.8 Å². The molecule has 1 aromatic rings. The zero-order chi connectivity index (χ0) is 15.7. The number of nitrogen functional groups attached to an aromatic ring is 1. The second kappa shape index (κ2) is 6.51. The Hall–Kier alpha value is -1.19. The van der Waals surface area contributed by atoms with Gasteiger partial charge in [-0.3, -0.25) is 9.59 Å². The van der Waals surface area contributed by atoms with Gasteiger partial charge in [-0.25, -0.2) is 4.98 Å². The van der Waals surface area contributed by atoms with E-state index in [1.807, 2.05) is 12.5 Å². The molecule has 0 aromatic carbocycles. The number of carbonyl (C=O) groups excluding carboxylic acids is 2. The topological polar surface area (TPSA) is 88.3 Å². The van der Waals surface area contributed by atoms with E-state index in [-0.39, 0.29) is 23.6 Å². The van der Waals surface area contributed by atoms with Crippen LogP contribution in [0, 0.1) is 0 Å². The zero-order valence-electron chi connectivity index (χ0n) is 11.9. The number of aromatic nitrogens is 1. The third-order valence-corrected chi connectivity index (χ3v) is 6.16. The van der Waals surface area contributed by atoms with Crippen molar-refractivity contribution in [3.8, 4) is 0 Å². The van der Waals surface area contributed by atoms with Crippen molar-refractivity contribution in [1.29, 1.82) is 0 Å². The Morgan fingerprint density at radius 1 is 1.64 bits per heavy atom. The average Bonchev–Trinajstić information content (AvgIpc) is 2.90. The first-order chi connectivity index (χ1) is 10.6. The van der Waals surface area contributed by atoms with Crippen LogP contribution in [0.5, 0.6) is 0 Å². The lowest BCUT2D eigenvalue weighted by atomic mass is 10.1. The number of hydrogen-bond donors (Lipinski definition) is 2. The lowest BCUT2D eigenvalue weighted by Gasteiger charge is -2.47. The second-order valence-electron chi connectivity index (χ2n) is 5.07. The Morgan fingerprint density at radius 3 is 3.14 bits per heavy atom. The molecule has 1 fully saturated rings. The molecule has 1 aromatic heterocycles. The van der Waals surface area contributed by atoms with Crippen molar-refractivity contribution in [1.82, 2.24) is 15.2 Å². The third kappa shape index (κ3) is 3.11. The maximum Gasteiger partial charge on any atom is 0.253 e. The number of rotatable bonds is 5. The smallest absolute Gasteiger partial charge is 0.253 e. The minimum atomic E-state index is -0.430. The lowest BCUT2D eigenvalue weighted by molar-refractivity contribution is -0.144. The first kappa shape index (κ1) is 15.7. The summed E-state index contributed by atoms with van der Waals surface area (Å²) < 4.78 is 0. The van der Waals surface area contributed by atoms with Crippen LogP contribution in [0.4, 0.5) is 5.13 Å². The van der Waals surface area contributed by atoms with Gasteiger partial charge in [0.05, 0.1) is 12.1 Å². The van der Waals surface area contributed by atoms with Crippen LogP contribution in [-0.2, 0) is 16.0 Å². The first-order valence-corrected chi connectivity index (χ1v) is 10.0. The number of thiazole rings is 1. The summed E-state index contributed by atoms with van der Waals surface area (Å²) in [6.07, 6.45) is 4.13. The number of anilines is 1. The van der Waals surface area contributed by atoms with Gasteiger partial charge in [-0.05, 0) is 11.8 Å². The van der Waals surface area contributed by atoms with Crippen molar-refractivity contribution >= 4 is 51.8 Å². The number of thioether (sulfide) groups is 2. The van der Waals surface area contributed by atoms with Crippen molar-refractivity contribution in [3.63, 3.8) is 0 Å². The van der Waals surface area contributed by atoms with Crippen LogP contribution in [0.15, 0.2) is 17.2 Å². The summed E-state index contributed by atoms with van der Waals surface area (Å²) in [5.74, 6) is 1.61. The molecule has 118 valence electrons. The Bertz CT molecular complexity index is 631. The number of fused-ring (bicyclic) bond motifs is 1. The maximum absolute atomic E-state index is 12.2. The Morgan fingerprint density at radius 2 is 2.45 bits per heavy atom. The molecule has 2 aliphatic rings. The zero-order valence-corrected chi connectivity index (χ0v) is 14.4. The number of β-lactam (4-membered cyclic amide) rings is 1. The van der Waals surface area contributed by atoms with Crippen LogP contribution in [0.1, 0.15) is 5.69 Å². The molecular formula is C13H16N4O2S3. The lowest BCUT2D eigenvalue weighted by Crippen LogP contribution is -2.68. The number of amides is 2. The molecule has 2 aliphatic heterocycles. The summed E-state index contributed by atoms with van der Waals surface area (Å²) >= 11 is 4.75. The monoisotopic (exact) mass is 356 g/mol. The van der Waals surface area contributed by atoms with Gasteiger partial charge in [-0.1, -0.05) is 0 Å². The molecule has 0 saturated carbocycles. The van der Waals surface area contributed by atoms with Crippen LogP contribution in [0.3, 0.4) is 0 Å². The molecule has 22 heavy (non-hydrogen) atoms. The highest BCUT2D eigenvalue weighted by Gasteiger charge is 2.49. The Kier molecular flexibility index (Phi) is 4.65. The van der Waals surface area contributed by atoms with Crippen LogP contribution >= 0.6 is 34.9 Å². The standard InChI is InChI=1S/C13H16N4O2S3/c1-20-4-7-3-17-11(19)10(12(17)21-5-7)16-9(18)2-8-6-22-13(14)15-8/h3,6,10,12H,2,4-5H2,1H3,(H2,14,15)(H,16,18)/t10?,12-/m0/s1. The summed E-state index contributed by atoms with van der Waals surface area (Å²) in [5, 5.41) is 5.03. The van der Waals surface area contributed by atoms with Gasteiger partial charge in [0.1, 0.15) is 11.4 Å². The number of nitrogens with two attached hydrogens (primary N) is 1. The average molecular weight is 356 g/mol. The van der Waals surface area contributed by atoms with E-state index < -0.39 is 6.04 Å². The van der Waals surface area contributed by atoms with E-state index >= 15 is 0 Å². The fourth-order valence-corrected chi connectivity index (χ4v) is 4.92. The SMILES string of the molecule is CSCC1=CN2C(=O)C(NC(=O)Cc3csc(N)n3)[C@@H]2SC1. The molecular weight excluding hydrogens is 340 g/mol. The van der Waals surface area contributed by atoms with Crippen molar-refractivity contribution < 1.29 is 9.59 Å². The number of hydrogen-bond acceptors (Lipinski definition) is 7. The van der Waals surface area contributed by atoms with Gasteiger partial charge in [0, 0.05) is 23.1 Å². The van der Waals surface area contributed by atoms with E-state index in [1.54, 1.807) is 33.8 Å². The Balaban J connectivity index is 1.57. The van der Waals surface area contributed by atoms with Crippen molar-refractivity contribution in [3.05, 3.63) is 22.8 Å². The molecule has 3 heterocycles. The predicted octanol–water partition coefficient (Wildman–Crippen LogP) is 0.915. The highest BCUT2D eigenvalue weighted by atomic mass is 32.2. The molecule has 6 nitrogen and oxygen atoms in total. The summed E-state index contributed by atoms with van der Waals surface area (Å²) in [7, 11) is 0. The molecule has 1 saturated heterocycles. The van der Waals surface area contributed by atoms with Gasteiger partial charge in [0.15, 0.2) is 5.13 Å². The highest BCUT2D eigenvalue weighted by Crippen LogP contribution is 2.36. The first-order valence-electron chi connectivity index (χ1n) is 6.70. The fourth-order valence-electron chi connectivity index (χ4n) is 2.42. The normalized spacial score (nSPS) is 23.6. The molecule has 0 radical (unpaired) electrons. The molecule has 0 bridgehead atoms. The van der Waals surface area contributed by atoms with Crippen LogP contribution < -0.4 is 11.1 Å². The fraction of sp³-hybridized carbons (Fsp3) is 0.462. The van der Waals surface area contributed by atoms with E-state index in [9.17, 15) is 9.59 Å². The molecule has 1 unspecified atom stereocenters. The van der Waals surface area contributed by atoms with Crippen molar-refractivity contribution in [2.75, 3.05) is 23.5 Å². The van der Waals surface area contributed by atoms with Gasteiger partial charge in [-0.2, -0.15) is 11.8 Å². The van der Waals surface area contributed by atoms with Crippen LogP contribution in [0.25, 0.3) is 0 Å². The van der Waals surface area contributed by atoms with Crippen LogP contribution in [0.2, 0.25) is 0 Å².